The van der Waals surface area contributed by atoms with Crippen molar-refractivity contribution in [3.63, 3.8) is 0 Å². The number of benzene rings is 1. The zero-order chi connectivity index (χ0) is 16.1. The van der Waals surface area contributed by atoms with Gasteiger partial charge in [0.05, 0.1) is 25.4 Å². The molecule has 2 rings (SSSR count). The Morgan fingerprint density at radius 3 is 2.18 bits per heavy atom. The van der Waals surface area contributed by atoms with E-state index in [2.05, 4.69) is 4.74 Å². The standard InChI is InChI=1S/C15H17F4NO2/c1-2-22-15-13(18)11(16)10(12(17)14(15)19)4-3-5-20-6-8-21-9-7-20/h3-4H,2,5-9H2,1H3/b4-3+. The highest BCUT2D eigenvalue weighted by molar-refractivity contribution is 5.54. The van der Waals surface area contributed by atoms with Gasteiger partial charge in [-0.15, -0.1) is 0 Å². The van der Waals surface area contributed by atoms with Crippen molar-refractivity contribution in [3.8, 4) is 5.75 Å². The summed E-state index contributed by atoms with van der Waals surface area (Å²) in [5, 5.41) is 0. The molecule has 0 radical (unpaired) electrons. The molecule has 22 heavy (non-hydrogen) atoms. The molecular weight excluding hydrogens is 302 g/mol. The van der Waals surface area contributed by atoms with Crippen LogP contribution in [0.4, 0.5) is 17.6 Å². The van der Waals surface area contributed by atoms with Crippen LogP contribution in [0.1, 0.15) is 12.5 Å². The number of hydrogen-bond acceptors (Lipinski definition) is 3. The minimum Gasteiger partial charge on any atom is -0.488 e. The molecule has 3 nitrogen and oxygen atoms in total. The van der Waals surface area contributed by atoms with E-state index >= 15 is 0 Å². The Morgan fingerprint density at radius 2 is 1.64 bits per heavy atom. The van der Waals surface area contributed by atoms with E-state index in [1.807, 2.05) is 4.90 Å². The summed E-state index contributed by atoms with van der Waals surface area (Å²) in [5.41, 5.74) is -0.744. The van der Waals surface area contributed by atoms with Crippen LogP contribution in [0.5, 0.6) is 5.75 Å². The maximum atomic E-state index is 13.8. The molecule has 122 valence electrons. The third kappa shape index (κ3) is 3.59. The van der Waals surface area contributed by atoms with E-state index in [-0.39, 0.29) is 6.61 Å². The summed E-state index contributed by atoms with van der Waals surface area (Å²) in [6.07, 6.45) is 2.51. The Labute approximate surface area is 126 Å². The van der Waals surface area contributed by atoms with Gasteiger partial charge in [-0.2, -0.15) is 8.78 Å². The molecule has 0 unspecified atom stereocenters. The van der Waals surface area contributed by atoms with Crippen LogP contribution in [0, 0.1) is 23.3 Å². The van der Waals surface area contributed by atoms with Crippen LogP contribution in [-0.4, -0.2) is 44.4 Å². The zero-order valence-electron chi connectivity index (χ0n) is 12.2. The van der Waals surface area contributed by atoms with Crippen LogP contribution >= 0.6 is 0 Å². The van der Waals surface area contributed by atoms with E-state index in [1.54, 1.807) is 0 Å². The molecule has 0 bridgehead atoms. The Kier molecular flexibility index (Phi) is 5.79. The molecule has 1 saturated heterocycles. The first-order valence-electron chi connectivity index (χ1n) is 7.01. The summed E-state index contributed by atoms with van der Waals surface area (Å²) in [6.45, 7) is 4.34. The quantitative estimate of drug-likeness (QED) is 0.615. The average Bonchev–Trinajstić information content (AvgIpc) is 2.54. The number of rotatable bonds is 5. The first kappa shape index (κ1) is 16.8. The highest BCUT2D eigenvalue weighted by atomic mass is 19.2. The van der Waals surface area contributed by atoms with E-state index < -0.39 is 34.6 Å². The van der Waals surface area contributed by atoms with Crippen molar-refractivity contribution in [2.45, 2.75) is 6.92 Å². The third-order valence-corrected chi connectivity index (χ3v) is 3.30. The molecule has 0 N–H and O–H groups in total. The van der Waals surface area contributed by atoms with Gasteiger partial charge in [-0.1, -0.05) is 12.2 Å². The second-order valence-corrected chi connectivity index (χ2v) is 4.75. The number of morpholine rings is 1. The van der Waals surface area contributed by atoms with Gasteiger partial charge in [-0.3, -0.25) is 4.90 Å². The minimum atomic E-state index is -1.52. The van der Waals surface area contributed by atoms with Crippen LogP contribution < -0.4 is 4.74 Å². The maximum absolute atomic E-state index is 13.8. The van der Waals surface area contributed by atoms with Crippen LogP contribution in [-0.2, 0) is 4.74 Å². The highest BCUT2D eigenvalue weighted by Gasteiger charge is 2.25. The van der Waals surface area contributed by atoms with Crippen molar-refractivity contribution < 1.29 is 27.0 Å². The Morgan fingerprint density at radius 1 is 1.05 bits per heavy atom. The number of nitrogens with zero attached hydrogens (tertiary/aromatic N) is 1. The summed E-state index contributed by atoms with van der Waals surface area (Å²) >= 11 is 0. The van der Waals surface area contributed by atoms with Gasteiger partial charge < -0.3 is 9.47 Å². The molecule has 0 amide bonds. The molecule has 1 aliphatic rings. The van der Waals surface area contributed by atoms with Crippen molar-refractivity contribution in [2.75, 3.05) is 39.5 Å². The number of ether oxygens (including phenoxy) is 2. The second kappa shape index (κ2) is 7.60. The van der Waals surface area contributed by atoms with Crippen molar-refractivity contribution in [1.82, 2.24) is 4.90 Å². The van der Waals surface area contributed by atoms with Crippen LogP contribution in [0.3, 0.4) is 0 Å². The first-order chi connectivity index (χ1) is 10.6. The van der Waals surface area contributed by atoms with Crippen LogP contribution in [0.15, 0.2) is 6.08 Å². The minimum absolute atomic E-state index is 0.0983. The Bertz CT molecular complexity index is 528. The largest absolute Gasteiger partial charge is 0.488 e. The van der Waals surface area contributed by atoms with Gasteiger partial charge in [0.25, 0.3) is 0 Å². The summed E-state index contributed by atoms with van der Waals surface area (Å²) < 4.78 is 64.9. The van der Waals surface area contributed by atoms with Crippen molar-refractivity contribution in [1.29, 1.82) is 0 Å². The van der Waals surface area contributed by atoms with Gasteiger partial charge in [0.15, 0.2) is 17.4 Å². The fraction of sp³-hybridized carbons (Fsp3) is 0.467. The highest BCUT2D eigenvalue weighted by Crippen LogP contribution is 2.30. The summed E-state index contributed by atoms with van der Waals surface area (Å²) in [6, 6.07) is 0. The molecule has 7 heteroatoms. The molecule has 0 aromatic heterocycles. The van der Waals surface area contributed by atoms with Gasteiger partial charge in [-0.05, 0) is 6.92 Å². The topological polar surface area (TPSA) is 21.7 Å². The maximum Gasteiger partial charge on any atom is 0.204 e. The third-order valence-electron chi connectivity index (χ3n) is 3.30. The molecule has 1 aliphatic heterocycles. The summed E-state index contributed by atoms with van der Waals surface area (Å²) in [7, 11) is 0. The number of halogens is 4. The van der Waals surface area contributed by atoms with E-state index in [0.717, 1.165) is 6.08 Å². The summed E-state index contributed by atoms with van der Waals surface area (Å²) in [4.78, 5) is 2.00. The van der Waals surface area contributed by atoms with E-state index in [1.165, 1.54) is 13.0 Å². The van der Waals surface area contributed by atoms with Crippen molar-refractivity contribution in [3.05, 3.63) is 34.9 Å². The molecule has 1 heterocycles. The molecule has 0 aliphatic carbocycles. The molecule has 1 aromatic rings. The lowest BCUT2D eigenvalue weighted by molar-refractivity contribution is 0.0435. The predicted molar refractivity (Wildman–Crippen MR) is 73.7 cm³/mol. The molecule has 1 fully saturated rings. The van der Waals surface area contributed by atoms with Crippen molar-refractivity contribution in [2.24, 2.45) is 0 Å². The molecule has 1 aromatic carbocycles. The molecule has 0 spiro atoms. The fourth-order valence-corrected chi connectivity index (χ4v) is 2.15. The average molecular weight is 319 g/mol. The SMILES string of the molecule is CCOc1c(F)c(F)c(/C=C/CN2CCOCC2)c(F)c1F. The van der Waals surface area contributed by atoms with E-state index in [4.69, 9.17) is 4.74 Å². The lowest BCUT2D eigenvalue weighted by atomic mass is 10.1. The molecular formula is C15H17F4NO2. The lowest BCUT2D eigenvalue weighted by Gasteiger charge is -2.25. The van der Waals surface area contributed by atoms with Crippen LogP contribution in [0.2, 0.25) is 0 Å². The molecule has 0 atom stereocenters. The molecule has 0 saturated carbocycles. The predicted octanol–water partition coefficient (Wildman–Crippen LogP) is 2.99. The number of hydrogen-bond donors (Lipinski definition) is 0. The van der Waals surface area contributed by atoms with Gasteiger partial charge >= 0.3 is 0 Å². The van der Waals surface area contributed by atoms with Gasteiger partial charge in [0.1, 0.15) is 0 Å². The van der Waals surface area contributed by atoms with Gasteiger partial charge in [-0.25, -0.2) is 8.78 Å². The Balaban J connectivity index is 2.19. The summed E-state index contributed by atoms with van der Waals surface area (Å²) in [5.74, 6) is -6.98. The monoisotopic (exact) mass is 319 g/mol. The van der Waals surface area contributed by atoms with E-state index in [0.29, 0.717) is 32.8 Å². The second-order valence-electron chi connectivity index (χ2n) is 4.75. The Hall–Kier alpha value is -1.60. The first-order valence-corrected chi connectivity index (χ1v) is 7.01. The van der Waals surface area contributed by atoms with Crippen LogP contribution in [0.25, 0.3) is 6.08 Å². The lowest BCUT2D eigenvalue weighted by Crippen LogP contribution is -2.36. The fourth-order valence-electron chi connectivity index (χ4n) is 2.15. The van der Waals surface area contributed by atoms with Gasteiger partial charge in [0, 0.05) is 19.6 Å². The van der Waals surface area contributed by atoms with Crippen molar-refractivity contribution >= 4 is 6.08 Å². The van der Waals surface area contributed by atoms with E-state index in [9.17, 15) is 17.6 Å². The van der Waals surface area contributed by atoms with Gasteiger partial charge in [0.2, 0.25) is 11.6 Å². The normalized spacial score (nSPS) is 16.4. The smallest absolute Gasteiger partial charge is 0.204 e. The zero-order valence-corrected chi connectivity index (χ0v) is 12.2.